The molecule has 1 saturated carbocycles. The lowest BCUT2D eigenvalue weighted by Gasteiger charge is -2.30. The summed E-state index contributed by atoms with van der Waals surface area (Å²) in [7, 11) is 0. The number of anilines is 1. The van der Waals surface area contributed by atoms with Crippen LogP contribution in [0.25, 0.3) is 0 Å². The van der Waals surface area contributed by atoms with Crippen LogP contribution >= 0.6 is 31.9 Å². The number of pyridine rings is 1. The van der Waals surface area contributed by atoms with Crippen LogP contribution in [-0.4, -0.2) is 22.9 Å². The van der Waals surface area contributed by atoms with Crippen LogP contribution in [0.3, 0.4) is 0 Å². The third-order valence-corrected chi connectivity index (χ3v) is 4.08. The molecular weight excluding hydrogens is 332 g/mol. The van der Waals surface area contributed by atoms with E-state index >= 15 is 0 Å². The smallest absolute Gasteiger partial charge is 0.143 e. The molecule has 88 valence electrons. The standard InChI is InChI=1S/C12H16Br2N2/c13-7-9-16(10-4-1-2-5-10)12-11(14)6-3-8-15-12/h3,6,8,10H,1-2,4-5,7,9H2. The quantitative estimate of drug-likeness (QED) is 0.765. The van der Waals surface area contributed by atoms with Crippen LogP contribution in [-0.2, 0) is 0 Å². The predicted molar refractivity (Wildman–Crippen MR) is 75.3 cm³/mol. The van der Waals surface area contributed by atoms with Crippen molar-refractivity contribution in [2.24, 2.45) is 0 Å². The van der Waals surface area contributed by atoms with Crippen LogP contribution in [0.15, 0.2) is 22.8 Å². The molecule has 1 heterocycles. The van der Waals surface area contributed by atoms with Gasteiger partial charge in [0.15, 0.2) is 0 Å². The van der Waals surface area contributed by atoms with Gasteiger partial charge in [0.25, 0.3) is 0 Å². The van der Waals surface area contributed by atoms with E-state index in [1.807, 2.05) is 12.3 Å². The van der Waals surface area contributed by atoms with Gasteiger partial charge in [0.05, 0.1) is 4.47 Å². The van der Waals surface area contributed by atoms with Gasteiger partial charge in [0.1, 0.15) is 5.82 Å². The molecule has 0 amide bonds. The molecule has 0 bridgehead atoms. The molecular formula is C12H16Br2N2. The Morgan fingerprint density at radius 1 is 1.38 bits per heavy atom. The van der Waals surface area contributed by atoms with Crippen molar-refractivity contribution in [3.05, 3.63) is 22.8 Å². The van der Waals surface area contributed by atoms with Gasteiger partial charge < -0.3 is 4.90 Å². The molecule has 0 N–H and O–H groups in total. The second kappa shape index (κ2) is 6.01. The summed E-state index contributed by atoms with van der Waals surface area (Å²) in [6, 6.07) is 4.70. The van der Waals surface area contributed by atoms with Crippen molar-refractivity contribution in [3.63, 3.8) is 0 Å². The van der Waals surface area contributed by atoms with E-state index in [1.54, 1.807) is 0 Å². The average Bonchev–Trinajstić information content (AvgIpc) is 2.80. The second-order valence-electron chi connectivity index (χ2n) is 4.13. The molecule has 1 aliphatic carbocycles. The first-order valence-corrected chi connectivity index (χ1v) is 7.67. The summed E-state index contributed by atoms with van der Waals surface area (Å²) < 4.78 is 1.10. The first-order valence-electron chi connectivity index (χ1n) is 5.76. The van der Waals surface area contributed by atoms with Crippen LogP contribution in [0.5, 0.6) is 0 Å². The number of hydrogen-bond acceptors (Lipinski definition) is 2. The van der Waals surface area contributed by atoms with E-state index in [9.17, 15) is 0 Å². The van der Waals surface area contributed by atoms with Gasteiger partial charge in [-0.1, -0.05) is 28.8 Å². The van der Waals surface area contributed by atoms with Crippen molar-refractivity contribution in [1.82, 2.24) is 4.98 Å². The van der Waals surface area contributed by atoms with Crippen molar-refractivity contribution in [2.75, 3.05) is 16.8 Å². The summed E-state index contributed by atoms with van der Waals surface area (Å²) in [6.45, 7) is 1.03. The molecule has 2 rings (SSSR count). The van der Waals surface area contributed by atoms with Gasteiger partial charge in [-0.25, -0.2) is 4.98 Å². The number of rotatable bonds is 4. The Morgan fingerprint density at radius 2 is 2.12 bits per heavy atom. The fourth-order valence-electron chi connectivity index (χ4n) is 2.36. The van der Waals surface area contributed by atoms with Gasteiger partial charge in [-0.05, 0) is 40.9 Å². The van der Waals surface area contributed by atoms with E-state index in [0.29, 0.717) is 6.04 Å². The lowest BCUT2D eigenvalue weighted by Crippen LogP contribution is -2.35. The summed E-state index contributed by atoms with van der Waals surface area (Å²) in [5.41, 5.74) is 0. The molecule has 0 unspecified atom stereocenters. The van der Waals surface area contributed by atoms with Crippen LogP contribution in [0.4, 0.5) is 5.82 Å². The Balaban J connectivity index is 2.21. The van der Waals surface area contributed by atoms with Gasteiger partial charge in [-0.3, -0.25) is 0 Å². The first-order chi connectivity index (χ1) is 7.83. The van der Waals surface area contributed by atoms with E-state index in [2.05, 4.69) is 47.8 Å². The highest BCUT2D eigenvalue weighted by atomic mass is 79.9. The zero-order valence-corrected chi connectivity index (χ0v) is 12.4. The molecule has 0 aliphatic heterocycles. The summed E-state index contributed by atoms with van der Waals surface area (Å²) in [5.74, 6) is 1.09. The van der Waals surface area contributed by atoms with Crippen molar-refractivity contribution in [2.45, 2.75) is 31.7 Å². The minimum absolute atomic E-state index is 0.670. The first kappa shape index (κ1) is 12.4. The van der Waals surface area contributed by atoms with Gasteiger partial charge in [-0.2, -0.15) is 0 Å². The molecule has 4 heteroatoms. The molecule has 0 radical (unpaired) electrons. The molecule has 1 aromatic heterocycles. The maximum Gasteiger partial charge on any atom is 0.143 e. The number of alkyl halides is 1. The van der Waals surface area contributed by atoms with Gasteiger partial charge in [0.2, 0.25) is 0 Å². The molecule has 0 aromatic carbocycles. The van der Waals surface area contributed by atoms with E-state index in [4.69, 9.17) is 0 Å². The lowest BCUT2D eigenvalue weighted by atomic mass is 10.2. The Morgan fingerprint density at radius 3 is 2.75 bits per heavy atom. The largest absolute Gasteiger partial charge is 0.352 e. The monoisotopic (exact) mass is 346 g/mol. The fraction of sp³-hybridized carbons (Fsp3) is 0.583. The Bertz CT molecular complexity index is 338. The second-order valence-corrected chi connectivity index (χ2v) is 5.78. The summed E-state index contributed by atoms with van der Waals surface area (Å²) >= 11 is 7.13. The molecule has 1 aliphatic rings. The van der Waals surface area contributed by atoms with Crippen LogP contribution in [0.2, 0.25) is 0 Å². The minimum Gasteiger partial charge on any atom is -0.352 e. The number of halogens is 2. The van der Waals surface area contributed by atoms with E-state index in [-0.39, 0.29) is 0 Å². The fourth-order valence-corrected chi connectivity index (χ4v) is 3.22. The Hall–Kier alpha value is -0.0900. The van der Waals surface area contributed by atoms with Crippen molar-refractivity contribution in [1.29, 1.82) is 0 Å². The Labute approximate surface area is 114 Å². The maximum atomic E-state index is 4.50. The van der Waals surface area contributed by atoms with Crippen molar-refractivity contribution in [3.8, 4) is 0 Å². The summed E-state index contributed by atoms with van der Waals surface area (Å²) in [5, 5.41) is 0.993. The highest BCUT2D eigenvalue weighted by Gasteiger charge is 2.24. The number of aromatic nitrogens is 1. The van der Waals surface area contributed by atoms with Crippen LogP contribution < -0.4 is 4.90 Å². The maximum absolute atomic E-state index is 4.50. The third kappa shape index (κ3) is 2.77. The van der Waals surface area contributed by atoms with E-state index in [1.165, 1.54) is 25.7 Å². The predicted octanol–water partition coefficient (Wildman–Crippen LogP) is 3.99. The van der Waals surface area contributed by atoms with Crippen LogP contribution in [0.1, 0.15) is 25.7 Å². The third-order valence-electron chi connectivity index (χ3n) is 3.10. The van der Waals surface area contributed by atoms with Crippen molar-refractivity contribution >= 4 is 37.7 Å². The minimum atomic E-state index is 0.670. The highest BCUT2D eigenvalue weighted by Crippen LogP contribution is 2.31. The number of nitrogens with zero attached hydrogens (tertiary/aromatic N) is 2. The topological polar surface area (TPSA) is 16.1 Å². The number of hydrogen-bond donors (Lipinski definition) is 0. The highest BCUT2D eigenvalue weighted by molar-refractivity contribution is 9.10. The van der Waals surface area contributed by atoms with Gasteiger partial charge in [-0.15, -0.1) is 0 Å². The Kier molecular flexibility index (Phi) is 4.65. The molecule has 0 spiro atoms. The lowest BCUT2D eigenvalue weighted by molar-refractivity contribution is 0.615. The van der Waals surface area contributed by atoms with Crippen molar-refractivity contribution < 1.29 is 0 Å². The van der Waals surface area contributed by atoms with Crippen LogP contribution in [0, 0.1) is 0 Å². The van der Waals surface area contributed by atoms with E-state index in [0.717, 1.165) is 22.2 Å². The molecule has 16 heavy (non-hydrogen) atoms. The molecule has 1 aromatic rings. The zero-order chi connectivity index (χ0) is 11.4. The summed E-state index contributed by atoms with van der Waals surface area (Å²) in [4.78, 5) is 6.94. The normalized spacial score (nSPS) is 16.6. The SMILES string of the molecule is BrCCN(c1ncccc1Br)C1CCCC1. The van der Waals surface area contributed by atoms with Gasteiger partial charge in [0, 0.05) is 24.1 Å². The van der Waals surface area contributed by atoms with E-state index < -0.39 is 0 Å². The zero-order valence-electron chi connectivity index (χ0n) is 9.20. The molecule has 0 saturated heterocycles. The average molecular weight is 348 g/mol. The molecule has 2 nitrogen and oxygen atoms in total. The summed E-state index contributed by atoms with van der Waals surface area (Å²) in [6.07, 6.45) is 7.18. The molecule has 0 atom stereocenters. The molecule has 1 fully saturated rings. The van der Waals surface area contributed by atoms with Gasteiger partial charge >= 0.3 is 0 Å².